The summed E-state index contributed by atoms with van der Waals surface area (Å²) < 4.78 is 21.8. The van der Waals surface area contributed by atoms with Gasteiger partial charge in [-0.15, -0.1) is 0 Å². The first-order chi connectivity index (χ1) is 15.4. The molecule has 1 aromatic carbocycles. The molecule has 0 N–H and O–H groups in total. The first-order valence-corrected chi connectivity index (χ1v) is 10.7. The van der Waals surface area contributed by atoms with Gasteiger partial charge in [0.05, 0.1) is 18.9 Å². The van der Waals surface area contributed by atoms with Crippen molar-refractivity contribution in [2.75, 3.05) is 31.2 Å². The smallest absolute Gasteiger partial charge is 0.228 e. The fraction of sp³-hybridized carbons (Fsp3) is 0.304. The standard InChI is InChI=1S/C19H18ClFN4O.C4H6N2/c1-11-9-15-17(14-4-3-13(20)10-16(14)21)23-19(24-18(15)22-12(11)2)25-5-7-26-8-6-25;1-6-4-2-3-5-6/h3-4,9-10H,5-8H2,1-2H3;2-4H,1H3. The summed E-state index contributed by atoms with van der Waals surface area (Å²) in [6.45, 7) is 6.53. The van der Waals surface area contributed by atoms with Crippen molar-refractivity contribution in [3.05, 3.63) is 64.8 Å². The van der Waals surface area contributed by atoms with Gasteiger partial charge in [-0.05, 0) is 49.7 Å². The number of nitrogens with zero attached hydrogens (tertiary/aromatic N) is 6. The number of rotatable bonds is 2. The summed E-state index contributed by atoms with van der Waals surface area (Å²) in [5.41, 5.74) is 3.39. The molecular weight excluding hydrogens is 431 g/mol. The summed E-state index contributed by atoms with van der Waals surface area (Å²) in [4.78, 5) is 16.0. The van der Waals surface area contributed by atoms with Crippen LogP contribution in [0.1, 0.15) is 11.3 Å². The number of ether oxygens (including phenoxy) is 1. The molecule has 1 aliphatic heterocycles. The number of anilines is 1. The van der Waals surface area contributed by atoms with Gasteiger partial charge in [0, 0.05) is 54.2 Å². The van der Waals surface area contributed by atoms with Gasteiger partial charge in [0.1, 0.15) is 5.82 Å². The van der Waals surface area contributed by atoms with E-state index in [0.29, 0.717) is 54.2 Å². The van der Waals surface area contributed by atoms with E-state index in [9.17, 15) is 4.39 Å². The van der Waals surface area contributed by atoms with Gasteiger partial charge in [-0.1, -0.05) is 11.6 Å². The predicted octanol–water partition coefficient (Wildman–Crippen LogP) is 4.36. The summed E-state index contributed by atoms with van der Waals surface area (Å²) in [7, 11) is 1.89. The SMILES string of the molecule is Cc1cc2c(-c3ccc(Cl)cc3F)nc(N3CCOCC3)nc2nc1C.Cn1cccn1. The van der Waals surface area contributed by atoms with Crippen molar-refractivity contribution in [3.63, 3.8) is 0 Å². The molecule has 3 aromatic heterocycles. The number of morpholine rings is 1. The normalized spacial score (nSPS) is 13.7. The van der Waals surface area contributed by atoms with E-state index in [2.05, 4.69) is 15.1 Å². The molecule has 166 valence electrons. The van der Waals surface area contributed by atoms with Crippen LogP contribution in [0.3, 0.4) is 0 Å². The van der Waals surface area contributed by atoms with Crippen molar-refractivity contribution in [1.29, 1.82) is 0 Å². The van der Waals surface area contributed by atoms with Gasteiger partial charge in [-0.25, -0.2) is 14.4 Å². The van der Waals surface area contributed by atoms with E-state index in [1.807, 2.05) is 44.1 Å². The van der Waals surface area contributed by atoms with Gasteiger partial charge in [-0.2, -0.15) is 10.1 Å². The summed E-state index contributed by atoms with van der Waals surface area (Å²) in [5.74, 6) is 0.129. The van der Waals surface area contributed by atoms with Crippen LogP contribution in [0.4, 0.5) is 10.3 Å². The molecule has 0 amide bonds. The summed E-state index contributed by atoms with van der Waals surface area (Å²) in [6, 6.07) is 8.46. The van der Waals surface area contributed by atoms with Gasteiger partial charge in [0.25, 0.3) is 0 Å². The lowest BCUT2D eigenvalue weighted by molar-refractivity contribution is 0.122. The molecule has 0 radical (unpaired) electrons. The maximum absolute atomic E-state index is 14.6. The highest BCUT2D eigenvalue weighted by molar-refractivity contribution is 6.30. The van der Waals surface area contributed by atoms with Gasteiger partial charge in [0.2, 0.25) is 5.95 Å². The number of aryl methyl sites for hydroxylation is 3. The fourth-order valence-electron chi connectivity index (χ4n) is 3.37. The number of hydrogen-bond acceptors (Lipinski definition) is 6. The Morgan fingerprint density at radius 3 is 2.47 bits per heavy atom. The lowest BCUT2D eigenvalue weighted by Gasteiger charge is -2.27. The van der Waals surface area contributed by atoms with E-state index >= 15 is 0 Å². The van der Waals surface area contributed by atoms with E-state index < -0.39 is 5.82 Å². The molecule has 0 atom stereocenters. The zero-order chi connectivity index (χ0) is 22.7. The summed E-state index contributed by atoms with van der Waals surface area (Å²) in [5, 5.41) is 4.91. The van der Waals surface area contributed by atoms with Crippen LogP contribution in [-0.2, 0) is 11.8 Å². The molecule has 5 rings (SSSR count). The molecule has 9 heteroatoms. The number of aromatic nitrogens is 5. The van der Waals surface area contributed by atoms with Crippen LogP contribution in [-0.4, -0.2) is 51.0 Å². The third-order valence-electron chi connectivity index (χ3n) is 5.24. The van der Waals surface area contributed by atoms with Crippen molar-refractivity contribution in [3.8, 4) is 11.3 Å². The van der Waals surface area contributed by atoms with Crippen molar-refractivity contribution >= 4 is 28.6 Å². The third-order valence-corrected chi connectivity index (χ3v) is 5.47. The summed E-state index contributed by atoms with van der Waals surface area (Å²) in [6.07, 6.45) is 3.64. The highest BCUT2D eigenvalue weighted by atomic mass is 35.5. The van der Waals surface area contributed by atoms with E-state index in [1.165, 1.54) is 6.07 Å². The second kappa shape index (κ2) is 9.58. The third kappa shape index (κ3) is 4.87. The van der Waals surface area contributed by atoms with Crippen LogP contribution in [0.5, 0.6) is 0 Å². The Morgan fingerprint density at radius 1 is 1.06 bits per heavy atom. The highest BCUT2D eigenvalue weighted by Gasteiger charge is 2.20. The molecule has 1 aliphatic rings. The highest BCUT2D eigenvalue weighted by Crippen LogP contribution is 2.31. The molecule has 0 saturated carbocycles. The van der Waals surface area contributed by atoms with Crippen molar-refractivity contribution < 1.29 is 9.13 Å². The van der Waals surface area contributed by atoms with E-state index in [0.717, 1.165) is 16.6 Å². The van der Waals surface area contributed by atoms with Crippen LogP contribution in [0.15, 0.2) is 42.7 Å². The quantitative estimate of drug-likeness (QED) is 0.448. The Labute approximate surface area is 190 Å². The fourth-order valence-corrected chi connectivity index (χ4v) is 3.53. The molecule has 4 aromatic rings. The van der Waals surface area contributed by atoms with Gasteiger partial charge >= 0.3 is 0 Å². The maximum atomic E-state index is 14.6. The molecule has 0 spiro atoms. The molecular formula is C23H24ClFN6O. The van der Waals surface area contributed by atoms with Crippen molar-refractivity contribution in [2.45, 2.75) is 13.8 Å². The molecule has 0 bridgehead atoms. The van der Waals surface area contributed by atoms with E-state index in [4.69, 9.17) is 21.3 Å². The Balaban J connectivity index is 0.000000354. The minimum atomic E-state index is -0.413. The maximum Gasteiger partial charge on any atom is 0.228 e. The number of fused-ring (bicyclic) bond motifs is 1. The number of benzene rings is 1. The van der Waals surface area contributed by atoms with Crippen LogP contribution < -0.4 is 4.90 Å². The van der Waals surface area contributed by atoms with E-state index in [1.54, 1.807) is 23.0 Å². The van der Waals surface area contributed by atoms with E-state index in [-0.39, 0.29) is 0 Å². The molecule has 0 aliphatic carbocycles. The monoisotopic (exact) mass is 454 g/mol. The second-order valence-corrected chi connectivity index (χ2v) is 7.97. The second-order valence-electron chi connectivity index (χ2n) is 7.54. The molecule has 1 fully saturated rings. The molecule has 1 saturated heterocycles. The topological polar surface area (TPSA) is 69.0 Å². The Kier molecular flexibility index (Phi) is 6.62. The van der Waals surface area contributed by atoms with Gasteiger partial charge < -0.3 is 9.64 Å². The minimum absolute atomic E-state index is 0.350. The average molecular weight is 455 g/mol. The van der Waals surface area contributed by atoms with Crippen LogP contribution in [0.25, 0.3) is 22.3 Å². The van der Waals surface area contributed by atoms with Crippen molar-refractivity contribution in [1.82, 2.24) is 24.7 Å². The Bertz CT molecular complexity index is 1230. The Hall–Kier alpha value is -3.10. The first kappa shape index (κ1) is 22.1. The van der Waals surface area contributed by atoms with Gasteiger partial charge in [-0.3, -0.25) is 4.68 Å². The van der Waals surface area contributed by atoms with Crippen LogP contribution in [0.2, 0.25) is 5.02 Å². The van der Waals surface area contributed by atoms with Crippen molar-refractivity contribution in [2.24, 2.45) is 7.05 Å². The lowest BCUT2D eigenvalue weighted by atomic mass is 10.1. The zero-order valence-corrected chi connectivity index (χ0v) is 19.0. The van der Waals surface area contributed by atoms with Crippen LogP contribution >= 0.6 is 11.6 Å². The number of pyridine rings is 1. The minimum Gasteiger partial charge on any atom is -0.378 e. The zero-order valence-electron chi connectivity index (χ0n) is 18.2. The lowest BCUT2D eigenvalue weighted by Crippen LogP contribution is -2.37. The first-order valence-electron chi connectivity index (χ1n) is 10.3. The van der Waals surface area contributed by atoms with Gasteiger partial charge in [0.15, 0.2) is 5.65 Å². The number of hydrogen-bond donors (Lipinski definition) is 0. The Morgan fingerprint density at radius 2 is 1.84 bits per heavy atom. The number of halogens is 2. The van der Waals surface area contributed by atoms with Crippen LogP contribution in [0, 0.1) is 19.7 Å². The summed E-state index contributed by atoms with van der Waals surface area (Å²) >= 11 is 5.91. The predicted molar refractivity (Wildman–Crippen MR) is 123 cm³/mol. The molecule has 0 unspecified atom stereocenters. The largest absolute Gasteiger partial charge is 0.378 e. The average Bonchev–Trinajstić information content (AvgIpc) is 3.26. The molecule has 32 heavy (non-hydrogen) atoms. The molecule has 7 nitrogen and oxygen atoms in total. The molecule has 4 heterocycles.